The van der Waals surface area contributed by atoms with Gasteiger partial charge in [0.2, 0.25) is 0 Å². The van der Waals surface area contributed by atoms with Gasteiger partial charge < -0.3 is 29.6 Å². The van der Waals surface area contributed by atoms with Gasteiger partial charge in [0.1, 0.15) is 11.5 Å². The van der Waals surface area contributed by atoms with Crippen LogP contribution in [0.3, 0.4) is 0 Å². The van der Waals surface area contributed by atoms with E-state index in [0.29, 0.717) is 39.9 Å². The van der Waals surface area contributed by atoms with Crippen LogP contribution in [0.4, 0.5) is 11.4 Å². The normalized spacial score (nSPS) is 10.8. The molecule has 0 bridgehead atoms. The zero-order valence-corrected chi connectivity index (χ0v) is 21.4. The van der Waals surface area contributed by atoms with Gasteiger partial charge in [0.15, 0.2) is 18.1 Å². The predicted molar refractivity (Wildman–Crippen MR) is 140 cm³/mol. The third kappa shape index (κ3) is 6.69. The van der Waals surface area contributed by atoms with E-state index in [1.54, 1.807) is 56.7 Å². The quantitative estimate of drug-likeness (QED) is 0.422. The van der Waals surface area contributed by atoms with Crippen molar-refractivity contribution < 1.29 is 28.5 Å². The number of carbonyl (C=O) groups excluding carboxylic acids is 2. The molecule has 3 aromatic rings. The number of hydrogen-bond acceptors (Lipinski definition) is 6. The third-order valence-electron chi connectivity index (χ3n) is 5.47. The summed E-state index contributed by atoms with van der Waals surface area (Å²) >= 11 is 0. The Morgan fingerprint density at radius 2 is 1.42 bits per heavy atom. The van der Waals surface area contributed by atoms with Crippen LogP contribution in [0, 0.1) is 0 Å². The van der Waals surface area contributed by atoms with E-state index in [9.17, 15) is 9.59 Å². The fourth-order valence-electron chi connectivity index (χ4n) is 3.41. The molecule has 0 atom stereocenters. The zero-order chi connectivity index (χ0) is 26.3. The molecule has 2 amide bonds. The number of nitrogens with one attached hydrogen (secondary N) is 2. The number of amides is 2. The van der Waals surface area contributed by atoms with Crippen molar-refractivity contribution in [1.29, 1.82) is 0 Å². The van der Waals surface area contributed by atoms with E-state index >= 15 is 0 Å². The number of anilines is 2. The third-order valence-corrected chi connectivity index (χ3v) is 5.47. The van der Waals surface area contributed by atoms with Gasteiger partial charge in [-0.15, -0.1) is 0 Å². The molecular weight excluding hydrogens is 460 g/mol. The van der Waals surface area contributed by atoms with Gasteiger partial charge in [0.25, 0.3) is 11.8 Å². The molecule has 3 aromatic carbocycles. The van der Waals surface area contributed by atoms with Crippen LogP contribution in [0.15, 0.2) is 60.7 Å². The smallest absolute Gasteiger partial charge is 0.262 e. The summed E-state index contributed by atoms with van der Waals surface area (Å²) in [6, 6.07) is 17.5. The van der Waals surface area contributed by atoms with Crippen LogP contribution in [-0.2, 0) is 10.2 Å². The minimum Gasteiger partial charge on any atom is -0.497 e. The summed E-state index contributed by atoms with van der Waals surface area (Å²) in [5.74, 6) is 1.25. The van der Waals surface area contributed by atoms with E-state index in [4.69, 9.17) is 18.9 Å². The molecule has 190 valence electrons. The minimum absolute atomic E-state index is 0.0897. The highest BCUT2D eigenvalue weighted by molar-refractivity contribution is 6.05. The summed E-state index contributed by atoms with van der Waals surface area (Å²) in [5.41, 5.74) is 2.53. The summed E-state index contributed by atoms with van der Waals surface area (Å²) < 4.78 is 21.6. The van der Waals surface area contributed by atoms with Crippen molar-refractivity contribution in [2.75, 3.05) is 38.6 Å². The van der Waals surface area contributed by atoms with Gasteiger partial charge >= 0.3 is 0 Å². The molecule has 0 aliphatic rings. The standard InChI is InChI=1S/C28H32N2O6/c1-28(2,3)19-8-14-23(34-5)22(16-19)30-27(32)18-7-13-24(25(15-18)35-6)36-17-26(31)29-20-9-11-21(33-4)12-10-20/h7-16H,17H2,1-6H3,(H,29,31)(H,30,32). The van der Waals surface area contributed by atoms with Gasteiger partial charge in [0.05, 0.1) is 27.0 Å². The number of hydrogen-bond donors (Lipinski definition) is 2. The molecule has 0 spiro atoms. The topological polar surface area (TPSA) is 95.1 Å². The second kappa shape index (κ2) is 11.5. The lowest BCUT2D eigenvalue weighted by Crippen LogP contribution is -2.20. The van der Waals surface area contributed by atoms with Crippen LogP contribution in [0.2, 0.25) is 0 Å². The highest BCUT2D eigenvalue weighted by atomic mass is 16.5. The molecule has 0 unspecified atom stereocenters. The molecule has 8 nitrogen and oxygen atoms in total. The number of methoxy groups -OCH3 is 3. The molecule has 0 radical (unpaired) electrons. The number of ether oxygens (including phenoxy) is 4. The Kier molecular flexibility index (Phi) is 8.42. The Hall–Kier alpha value is -4.20. The number of benzene rings is 3. The van der Waals surface area contributed by atoms with Crippen LogP contribution in [0.5, 0.6) is 23.0 Å². The first-order valence-corrected chi connectivity index (χ1v) is 11.4. The van der Waals surface area contributed by atoms with Gasteiger partial charge in [0, 0.05) is 11.3 Å². The molecule has 0 saturated heterocycles. The largest absolute Gasteiger partial charge is 0.497 e. The average molecular weight is 493 g/mol. The molecule has 0 aliphatic heterocycles. The Bertz CT molecular complexity index is 1220. The molecule has 8 heteroatoms. The van der Waals surface area contributed by atoms with Crippen molar-refractivity contribution in [2.24, 2.45) is 0 Å². The minimum atomic E-state index is -0.338. The Morgan fingerprint density at radius 3 is 2.03 bits per heavy atom. The van der Waals surface area contributed by atoms with Crippen molar-refractivity contribution in [3.63, 3.8) is 0 Å². The van der Waals surface area contributed by atoms with Gasteiger partial charge in [-0.1, -0.05) is 26.8 Å². The van der Waals surface area contributed by atoms with Gasteiger partial charge in [-0.05, 0) is 65.6 Å². The highest BCUT2D eigenvalue weighted by Crippen LogP contribution is 2.33. The Morgan fingerprint density at radius 1 is 0.750 bits per heavy atom. The van der Waals surface area contributed by atoms with Crippen molar-refractivity contribution >= 4 is 23.2 Å². The summed E-state index contributed by atoms with van der Waals surface area (Å²) in [5, 5.41) is 5.66. The van der Waals surface area contributed by atoms with E-state index in [-0.39, 0.29) is 23.8 Å². The SMILES string of the molecule is COc1ccc(NC(=O)COc2ccc(C(=O)Nc3cc(C(C)(C)C)ccc3OC)cc2OC)cc1. The highest BCUT2D eigenvalue weighted by Gasteiger charge is 2.18. The number of rotatable bonds is 9. The van der Waals surface area contributed by atoms with Crippen molar-refractivity contribution in [3.05, 3.63) is 71.8 Å². The molecule has 3 rings (SSSR count). The van der Waals surface area contributed by atoms with E-state index in [0.717, 1.165) is 5.56 Å². The lowest BCUT2D eigenvalue weighted by Gasteiger charge is -2.21. The van der Waals surface area contributed by atoms with Crippen LogP contribution >= 0.6 is 0 Å². The molecule has 2 N–H and O–H groups in total. The van der Waals surface area contributed by atoms with Crippen molar-refractivity contribution in [3.8, 4) is 23.0 Å². The molecule has 0 aliphatic carbocycles. The maximum absolute atomic E-state index is 13.0. The number of carbonyl (C=O) groups is 2. The fraction of sp³-hybridized carbons (Fsp3) is 0.286. The van der Waals surface area contributed by atoms with E-state index < -0.39 is 0 Å². The Labute approximate surface area is 211 Å². The summed E-state index contributed by atoms with van der Waals surface area (Å²) in [6.07, 6.45) is 0. The van der Waals surface area contributed by atoms with Gasteiger partial charge in [-0.25, -0.2) is 0 Å². The first kappa shape index (κ1) is 26.4. The van der Waals surface area contributed by atoms with Gasteiger partial charge in [-0.3, -0.25) is 9.59 Å². The summed E-state index contributed by atoms with van der Waals surface area (Å²) in [6.45, 7) is 6.06. The second-order valence-electron chi connectivity index (χ2n) is 9.05. The van der Waals surface area contributed by atoms with E-state index in [2.05, 4.69) is 31.4 Å². The summed E-state index contributed by atoms with van der Waals surface area (Å²) in [4.78, 5) is 25.3. The summed E-state index contributed by atoms with van der Waals surface area (Å²) in [7, 11) is 4.60. The molecule has 0 saturated carbocycles. The lowest BCUT2D eigenvalue weighted by atomic mass is 9.87. The molecule has 36 heavy (non-hydrogen) atoms. The van der Waals surface area contributed by atoms with Crippen LogP contribution < -0.4 is 29.6 Å². The Balaban J connectivity index is 1.68. The van der Waals surface area contributed by atoms with Crippen molar-refractivity contribution in [2.45, 2.75) is 26.2 Å². The monoisotopic (exact) mass is 492 g/mol. The average Bonchev–Trinajstić information content (AvgIpc) is 2.87. The van der Waals surface area contributed by atoms with Crippen LogP contribution in [-0.4, -0.2) is 39.8 Å². The first-order chi connectivity index (χ1) is 17.1. The fourth-order valence-corrected chi connectivity index (χ4v) is 3.41. The first-order valence-electron chi connectivity index (χ1n) is 11.4. The molecule has 0 aromatic heterocycles. The van der Waals surface area contributed by atoms with Gasteiger partial charge in [-0.2, -0.15) is 0 Å². The van der Waals surface area contributed by atoms with Crippen LogP contribution in [0.1, 0.15) is 36.7 Å². The van der Waals surface area contributed by atoms with Crippen molar-refractivity contribution in [1.82, 2.24) is 0 Å². The maximum Gasteiger partial charge on any atom is 0.262 e. The molecule has 0 heterocycles. The zero-order valence-electron chi connectivity index (χ0n) is 21.4. The predicted octanol–water partition coefficient (Wildman–Crippen LogP) is 5.28. The van der Waals surface area contributed by atoms with Crippen LogP contribution in [0.25, 0.3) is 0 Å². The maximum atomic E-state index is 13.0. The van der Waals surface area contributed by atoms with E-state index in [1.165, 1.54) is 7.11 Å². The molecule has 0 fully saturated rings. The van der Waals surface area contributed by atoms with E-state index in [1.807, 2.05) is 18.2 Å². The molecular formula is C28H32N2O6. The lowest BCUT2D eigenvalue weighted by molar-refractivity contribution is -0.118. The second-order valence-corrected chi connectivity index (χ2v) is 9.05.